The van der Waals surface area contributed by atoms with Gasteiger partial charge in [-0.2, -0.15) is 0 Å². The molecule has 0 aliphatic carbocycles. The van der Waals surface area contributed by atoms with Gasteiger partial charge in [-0.15, -0.1) is 0 Å². The molecular formula is C21H18BrClN4. The third kappa shape index (κ3) is 3.70. The largest absolute Gasteiger partial charge is 0.366 e. The van der Waals surface area contributed by atoms with Crippen molar-refractivity contribution in [3.63, 3.8) is 0 Å². The van der Waals surface area contributed by atoms with Crippen LogP contribution in [0, 0.1) is 0 Å². The van der Waals surface area contributed by atoms with Crippen molar-refractivity contribution in [1.29, 1.82) is 0 Å². The Balaban J connectivity index is 1.70. The maximum absolute atomic E-state index is 6.39. The van der Waals surface area contributed by atoms with Crippen LogP contribution in [-0.4, -0.2) is 20.9 Å². The van der Waals surface area contributed by atoms with Gasteiger partial charge in [0.1, 0.15) is 4.60 Å². The molecule has 2 aromatic heterocycles. The second kappa shape index (κ2) is 7.71. The summed E-state index contributed by atoms with van der Waals surface area (Å²) in [7, 11) is 0. The molecule has 0 fully saturated rings. The fraction of sp³-hybridized carbons (Fsp3) is 0.143. The summed E-state index contributed by atoms with van der Waals surface area (Å²) in [5, 5.41) is 4.14. The summed E-state index contributed by atoms with van der Waals surface area (Å²) in [6, 6.07) is 18.2. The van der Waals surface area contributed by atoms with Gasteiger partial charge in [0.05, 0.1) is 16.9 Å². The first-order chi connectivity index (χ1) is 13.1. The first-order valence-corrected chi connectivity index (χ1v) is 9.88. The van der Waals surface area contributed by atoms with Gasteiger partial charge in [0.2, 0.25) is 0 Å². The smallest absolute Gasteiger partial charge is 0.181 e. The summed E-state index contributed by atoms with van der Waals surface area (Å²) in [6.07, 6.45) is 3.72. The first-order valence-electron chi connectivity index (χ1n) is 8.71. The lowest BCUT2D eigenvalue weighted by atomic mass is 10.0. The molecule has 2 heterocycles. The molecule has 4 nitrogen and oxygen atoms in total. The van der Waals surface area contributed by atoms with E-state index in [1.165, 1.54) is 5.56 Å². The minimum Gasteiger partial charge on any atom is -0.366 e. The van der Waals surface area contributed by atoms with Crippen LogP contribution >= 0.6 is 27.5 Å². The molecule has 4 aromatic rings. The molecule has 0 saturated carbocycles. The SMILES string of the molecule is CC(CNc1nc(-c2ccccc2Cl)cn2c(Br)cnc12)c1ccccc1. The molecule has 4 rings (SSSR count). The predicted molar refractivity (Wildman–Crippen MR) is 114 cm³/mol. The maximum atomic E-state index is 6.39. The number of nitrogens with zero attached hydrogens (tertiary/aromatic N) is 3. The lowest BCUT2D eigenvalue weighted by Gasteiger charge is -2.15. The summed E-state index contributed by atoms with van der Waals surface area (Å²) in [5.74, 6) is 1.08. The van der Waals surface area contributed by atoms with E-state index >= 15 is 0 Å². The van der Waals surface area contributed by atoms with E-state index < -0.39 is 0 Å². The molecule has 1 atom stereocenters. The molecule has 0 bridgehead atoms. The molecular weight excluding hydrogens is 424 g/mol. The minimum atomic E-state index is 0.343. The quantitative estimate of drug-likeness (QED) is 0.411. The summed E-state index contributed by atoms with van der Waals surface area (Å²) < 4.78 is 2.84. The van der Waals surface area contributed by atoms with Crippen LogP contribution in [0.25, 0.3) is 16.9 Å². The highest BCUT2D eigenvalue weighted by molar-refractivity contribution is 9.10. The molecule has 0 aliphatic rings. The highest BCUT2D eigenvalue weighted by atomic mass is 79.9. The zero-order valence-corrected chi connectivity index (χ0v) is 17.1. The standard InChI is InChI=1S/C21H18BrClN4/c1-14(15-7-3-2-4-8-15)11-24-20-21-25-12-19(22)27(21)13-18(26-20)16-9-5-6-10-17(16)23/h2-10,12-14H,11H2,1H3,(H,24,26). The average molecular weight is 442 g/mol. The lowest BCUT2D eigenvalue weighted by Crippen LogP contribution is -2.12. The van der Waals surface area contributed by atoms with Crippen LogP contribution in [0.15, 0.2) is 71.6 Å². The Bertz CT molecular complexity index is 1080. The average Bonchev–Trinajstić information content (AvgIpc) is 3.08. The van der Waals surface area contributed by atoms with Crippen molar-refractivity contribution in [3.8, 4) is 11.3 Å². The molecule has 1 N–H and O–H groups in total. The van der Waals surface area contributed by atoms with Crippen LogP contribution in [0.3, 0.4) is 0 Å². The van der Waals surface area contributed by atoms with Crippen LogP contribution in [0.2, 0.25) is 5.02 Å². The molecule has 6 heteroatoms. The van der Waals surface area contributed by atoms with Crippen molar-refractivity contribution in [3.05, 3.63) is 82.2 Å². The van der Waals surface area contributed by atoms with Gasteiger partial charge in [-0.25, -0.2) is 9.97 Å². The number of hydrogen-bond donors (Lipinski definition) is 1. The third-order valence-corrected chi connectivity index (χ3v) is 5.46. The molecule has 0 saturated heterocycles. The van der Waals surface area contributed by atoms with Gasteiger partial charge in [0, 0.05) is 18.3 Å². The monoisotopic (exact) mass is 440 g/mol. The van der Waals surface area contributed by atoms with Crippen LogP contribution in [-0.2, 0) is 0 Å². The molecule has 136 valence electrons. The Hall–Kier alpha value is -2.37. The first kappa shape index (κ1) is 18.0. The van der Waals surface area contributed by atoms with Gasteiger partial charge < -0.3 is 5.32 Å². The van der Waals surface area contributed by atoms with E-state index in [2.05, 4.69) is 57.4 Å². The van der Waals surface area contributed by atoms with E-state index in [0.29, 0.717) is 10.9 Å². The lowest BCUT2D eigenvalue weighted by molar-refractivity contribution is 0.801. The van der Waals surface area contributed by atoms with Crippen molar-refractivity contribution < 1.29 is 0 Å². The highest BCUT2D eigenvalue weighted by Crippen LogP contribution is 2.30. The van der Waals surface area contributed by atoms with E-state index in [1.54, 1.807) is 6.20 Å². The van der Waals surface area contributed by atoms with E-state index in [4.69, 9.17) is 16.6 Å². The van der Waals surface area contributed by atoms with E-state index in [0.717, 1.165) is 33.9 Å². The zero-order valence-electron chi connectivity index (χ0n) is 14.7. The Morgan fingerprint density at radius 3 is 2.63 bits per heavy atom. The second-order valence-corrected chi connectivity index (χ2v) is 7.64. The van der Waals surface area contributed by atoms with Crippen molar-refractivity contribution in [2.75, 3.05) is 11.9 Å². The summed E-state index contributed by atoms with van der Waals surface area (Å²) in [5.41, 5.74) is 3.74. The summed E-state index contributed by atoms with van der Waals surface area (Å²) >= 11 is 9.94. The number of anilines is 1. The number of halogens is 2. The Morgan fingerprint density at radius 1 is 1.11 bits per heavy atom. The number of benzene rings is 2. The van der Waals surface area contributed by atoms with E-state index in [9.17, 15) is 0 Å². The number of rotatable bonds is 5. The Morgan fingerprint density at radius 2 is 1.85 bits per heavy atom. The molecule has 1 unspecified atom stereocenters. The fourth-order valence-corrected chi connectivity index (χ4v) is 3.63. The van der Waals surface area contributed by atoms with Gasteiger partial charge in [-0.05, 0) is 33.5 Å². The van der Waals surface area contributed by atoms with Crippen molar-refractivity contribution >= 4 is 39.0 Å². The number of imidazole rings is 1. The van der Waals surface area contributed by atoms with Crippen LogP contribution in [0.5, 0.6) is 0 Å². The molecule has 0 spiro atoms. The maximum Gasteiger partial charge on any atom is 0.181 e. The number of nitrogens with one attached hydrogen (secondary N) is 1. The minimum absolute atomic E-state index is 0.343. The molecule has 0 amide bonds. The van der Waals surface area contributed by atoms with Gasteiger partial charge in [0.15, 0.2) is 11.5 Å². The Kier molecular flexibility index (Phi) is 5.14. The molecule has 0 radical (unpaired) electrons. The topological polar surface area (TPSA) is 42.2 Å². The molecule has 2 aromatic carbocycles. The summed E-state index contributed by atoms with van der Waals surface area (Å²) in [4.78, 5) is 9.30. The normalized spacial score (nSPS) is 12.3. The van der Waals surface area contributed by atoms with Crippen molar-refractivity contribution in [1.82, 2.24) is 14.4 Å². The van der Waals surface area contributed by atoms with Crippen LogP contribution < -0.4 is 5.32 Å². The number of fused-ring (bicyclic) bond motifs is 1. The van der Waals surface area contributed by atoms with Gasteiger partial charge in [-0.3, -0.25) is 4.40 Å². The van der Waals surface area contributed by atoms with Gasteiger partial charge >= 0.3 is 0 Å². The van der Waals surface area contributed by atoms with Crippen molar-refractivity contribution in [2.24, 2.45) is 0 Å². The molecule has 0 aliphatic heterocycles. The third-order valence-electron chi connectivity index (χ3n) is 4.54. The number of hydrogen-bond acceptors (Lipinski definition) is 3. The van der Waals surface area contributed by atoms with Crippen LogP contribution in [0.1, 0.15) is 18.4 Å². The summed E-state index contributed by atoms with van der Waals surface area (Å²) in [6.45, 7) is 2.95. The van der Waals surface area contributed by atoms with Gasteiger partial charge in [-0.1, -0.05) is 67.1 Å². The Labute approximate surface area is 171 Å². The highest BCUT2D eigenvalue weighted by Gasteiger charge is 2.14. The van der Waals surface area contributed by atoms with Crippen molar-refractivity contribution in [2.45, 2.75) is 12.8 Å². The predicted octanol–water partition coefficient (Wildman–Crippen LogP) is 6.03. The van der Waals surface area contributed by atoms with E-state index in [-0.39, 0.29) is 0 Å². The second-order valence-electron chi connectivity index (χ2n) is 6.42. The number of aromatic nitrogens is 3. The molecule has 27 heavy (non-hydrogen) atoms. The zero-order chi connectivity index (χ0) is 18.8. The van der Waals surface area contributed by atoms with E-state index in [1.807, 2.05) is 40.9 Å². The van der Waals surface area contributed by atoms with Gasteiger partial charge in [0.25, 0.3) is 0 Å². The fourth-order valence-electron chi connectivity index (χ4n) is 3.03. The van der Waals surface area contributed by atoms with Crippen LogP contribution in [0.4, 0.5) is 5.82 Å².